The lowest BCUT2D eigenvalue weighted by molar-refractivity contribution is -0.167. The van der Waals surface area contributed by atoms with Gasteiger partial charge in [0.2, 0.25) is 0 Å². The highest BCUT2D eigenvalue weighted by Gasteiger charge is 2.19. The number of rotatable bonds is 62. The zero-order valence-corrected chi connectivity index (χ0v) is 51.5. The van der Waals surface area contributed by atoms with E-state index in [0.717, 1.165) is 83.5 Å². The van der Waals surface area contributed by atoms with Crippen LogP contribution in [0.4, 0.5) is 0 Å². The first-order chi connectivity index (χ1) is 38.0. The Balaban J connectivity index is 4.33. The van der Waals surface area contributed by atoms with Crippen LogP contribution in [0, 0.1) is 0 Å². The predicted molar refractivity (Wildman–Crippen MR) is 335 cm³/mol. The SMILES string of the molecule is CC/C=C\C/C=C\C/C=C\CCCCCCCCCC(=O)OCC(COC(=O)CCCCCCCCCCCCC/C=C\CCCCCCCCCC)OC(=O)CCCCCCCCCCC/C=C\CCCCCCCC. The molecule has 0 radical (unpaired) electrons. The Morgan fingerprint density at radius 2 is 0.506 bits per heavy atom. The summed E-state index contributed by atoms with van der Waals surface area (Å²) in [4.78, 5) is 38.4. The summed E-state index contributed by atoms with van der Waals surface area (Å²) >= 11 is 0. The normalized spacial score (nSPS) is 12.4. The largest absolute Gasteiger partial charge is 0.462 e. The predicted octanol–water partition coefficient (Wildman–Crippen LogP) is 23.1. The maximum atomic E-state index is 12.9. The van der Waals surface area contributed by atoms with E-state index in [1.807, 2.05) is 0 Å². The van der Waals surface area contributed by atoms with Crippen LogP contribution in [-0.2, 0) is 28.6 Å². The molecule has 1 atom stereocenters. The maximum absolute atomic E-state index is 12.9. The number of esters is 3. The molecule has 6 heteroatoms. The van der Waals surface area contributed by atoms with Crippen LogP contribution >= 0.6 is 0 Å². The van der Waals surface area contributed by atoms with Crippen LogP contribution in [0.25, 0.3) is 0 Å². The molecule has 0 rings (SSSR count). The van der Waals surface area contributed by atoms with Crippen LogP contribution in [0.15, 0.2) is 60.8 Å². The summed E-state index contributed by atoms with van der Waals surface area (Å²) in [7, 11) is 0. The third-order valence-electron chi connectivity index (χ3n) is 15.0. The molecule has 0 aliphatic rings. The Labute approximate surface area is 479 Å². The van der Waals surface area contributed by atoms with E-state index in [1.165, 1.54) is 231 Å². The molecule has 0 amide bonds. The van der Waals surface area contributed by atoms with E-state index < -0.39 is 6.10 Å². The summed E-state index contributed by atoms with van der Waals surface area (Å²) in [6, 6.07) is 0. The molecule has 0 N–H and O–H groups in total. The van der Waals surface area contributed by atoms with Gasteiger partial charge in [-0.25, -0.2) is 0 Å². The van der Waals surface area contributed by atoms with Gasteiger partial charge < -0.3 is 14.2 Å². The molecule has 0 saturated heterocycles. The van der Waals surface area contributed by atoms with Gasteiger partial charge >= 0.3 is 17.9 Å². The zero-order chi connectivity index (χ0) is 55.7. The Hall–Kier alpha value is -2.89. The van der Waals surface area contributed by atoms with Gasteiger partial charge in [-0.1, -0.05) is 293 Å². The second-order valence-electron chi connectivity index (χ2n) is 22.7. The van der Waals surface area contributed by atoms with Gasteiger partial charge in [-0.05, 0) is 103 Å². The summed E-state index contributed by atoms with van der Waals surface area (Å²) in [5.74, 6) is -0.869. The van der Waals surface area contributed by atoms with Crippen LogP contribution in [0.5, 0.6) is 0 Å². The minimum atomic E-state index is -0.781. The molecule has 77 heavy (non-hydrogen) atoms. The fraction of sp³-hybridized carbons (Fsp3) is 0.817. The summed E-state index contributed by atoms with van der Waals surface area (Å²) < 4.78 is 17.0. The van der Waals surface area contributed by atoms with Crippen molar-refractivity contribution in [1.29, 1.82) is 0 Å². The van der Waals surface area contributed by atoms with Gasteiger partial charge in [-0.3, -0.25) is 14.4 Å². The lowest BCUT2D eigenvalue weighted by atomic mass is 10.0. The topological polar surface area (TPSA) is 78.9 Å². The first-order valence-electron chi connectivity index (χ1n) is 33.8. The molecule has 0 bridgehead atoms. The van der Waals surface area contributed by atoms with Crippen molar-refractivity contribution in [2.24, 2.45) is 0 Å². The van der Waals surface area contributed by atoms with Gasteiger partial charge in [-0.15, -0.1) is 0 Å². The molecule has 6 nitrogen and oxygen atoms in total. The summed E-state index contributed by atoms with van der Waals surface area (Å²) in [5, 5.41) is 0. The number of carbonyl (C=O) groups is 3. The van der Waals surface area contributed by atoms with Gasteiger partial charge in [0.25, 0.3) is 0 Å². The molecule has 1 unspecified atom stereocenters. The van der Waals surface area contributed by atoms with E-state index >= 15 is 0 Å². The van der Waals surface area contributed by atoms with Gasteiger partial charge in [0.05, 0.1) is 0 Å². The highest BCUT2D eigenvalue weighted by atomic mass is 16.6. The molecule has 0 aromatic heterocycles. The van der Waals surface area contributed by atoms with E-state index in [-0.39, 0.29) is 31.1 Å². The summed E-state index contributed by atoms with van der Waals surface area (Å²) in [6.07, 6.45) is 83.7. The van der Waals surface area contributed by atoms with Crippen LogP contribution in [0.3, 0.4) is 0 Å². The van der Waals surface area contributed by atoms with E-state index in [4.69, 9.17) is 14.2 Å². The van der Waals surface area contributed by atoms with E-state index in [9.17, 15) is 14.4 Å². The molecule has 448 valence electrons. The number of carbonyl (C=O) groups excluding carboxylic acids is 3. The fourth-order valence-electron chi connectivity index (χ4n) is 9.92. The number of hydrogen-bond acceptors (Lipinski definition) is 6. The van der Waals surface area contributed by atoms with Gasteiger partial charge in [0, 0.05) is 19.3 Å². The number of ether oxygens (including phenoxy) is 3. The molecule has 0 heterocycles. The van der Waals surface area contributed by atoms with Crippen molar-refractivity contribution in [3.05, 3.63) is 60.8 Å². The van der Waals surface area contributed by atoms with E-state index in [2.05, 4.69) is 81.5 Å². The average Bonchev–Trinajstić information content (AvgIpc) is 3.43. The van der Waals surface area contributed by atoms with E-state index in [0.29, 0.717) is 19.3 Å². The second kappa shape index (κ2) is 65.6. The van der Waals surface area contributed by atoms with E-state index in [1.54, 1.807) is 0 Å². The lowest BCUT2D eigenvalue weighted by Crippen LogP contribution is -2.30. The number of unbranched alkanes of at least 4 members (excludes halogenated alkanes) is 41. The maximum Gasteiger partial charge on any atom is 0.306 e. The van der Waals surface area contributed by atoms with Crippen molar-refractivity contribution < 1.29 is 28.6 Å². The van der Waals surface area contributed by atoms with Crippen LogP contribution < -0.4 is 0 Å². The molecular weight excluding hydrogens is 949 g/mol. The molecule has 0 aliphatic heterocycles. The molecule has 0 aliphatic carbocycles. The highest BCUT2D eigenvalue weighted by Crippen LogP contribution is 2.17. The first kappa shape index (κ1) is 74.1. The third kappa shape index (κ3) is 63.8. The average molecular weight is 1080 g/mol. The van der Waals surface area contributed by atoms with Crippen molar-refractivity contribution in [3.8, 4) is 0 Å². The lowest BCUT2D eigenvalue weighted by Gasteiger charge is -2.18. The molecule has 0 spiro atoms. The highest BCUT2D eigenvalue weighted by molar-refractivity contribution is 5.71. The quantitative estimate of drug-likeness (QED) is 0.0261. The minimum Gasteiger partial charge on any atom is -0.462 e. The minimum absolute atomic E-state index is 0.0762. The third-order valence-corrected chi connectivity index (χ3v) is 15.0. The molecule has 0 saturated carbocycles. The van der Waals surface area contributed by atoms with Gasteiger partial charge in [-0.2, -0.15) is 0 Å². The Morgan fingerprint density at radius 1 is 0.273 bits per heavy atom. The smallest absolute Gasteiger partial charge is 0.306 e. The van der Waals surface area contributed by atoms with Crippen molar-refractivity contribution in [2.75, 3.05) is 13.2 Å². The number of hydrogen-bond donors (Lipinski definition) is 0. The van der Waals surface area contributed by atoms with Crippen LogP contribution in [0.1, 0.15) is 355 Å². The fourth-order valence-corrected chi connectivity index (χ4v) is 9.92. The van der Waals surface area contributed by atoms with Crippen LogP contribution in [-0.4, -0.2) is 37.2 Å². The molecule has 0 aromatic rings. The molecule has 0 aromatic carbocycles. The first-order valence-corrected chi connectivity index (χ1v) is 33.8. The van der Waals surface area contributed by atoms with Crippen molar-refractivity contribution >= 4 is 17.9 Å². The van der Waals surface area contributed by atoms with Gasteiger partial charge in [0.15, 0.2) is 6.10 Å². The van der Waals surface area contributed by atoms with Crippen LogP contribution in [0.2, 0.25) is 0 Å². The Morgan fingerprint density at radius 3 is 0.805 bits per heavy atom. The zero-order valence-electron chi connectivity index (χ0n) is 51.5. The Bertz CT molecular complexity index is 1380. The molecule has 0 fully saturated rings. The number of allylic oxidation sites excluding steroid dienone is 10. The monoisotopic (exact) mass is 1080 g/mol. The second-order valence-corrected chi connectivity index (χ2v) is 22.7. The molecular formula is C71H128O6. The van der Waals surface area contributed by atoms with Gasteiger partial charge in [0.1, 0.15) is 13.2 Å². The Kier molecular flexibility index (Phi) is 63.2. The van der Waals surface area contributed by atoms with Crippen molar-refractivity contribution in [2.45, 2.75) is 361 Å². The van der Waals surface area contributed by atoms with Crippen molar-refractivity contribution in [3.63, 3.8) is 0 Å². The standard InChI is InChI=1S/C71H128O6/c1-4-7-10-13-16-19-22-25-28-31-33-34-35-36-38-40-43-46-49-52-55-58-61-64-70(73)76-67-68(66-75-69(72)63-60-57-54-51-48-45-42-39-30-27-24-21-18-15-12-9-6-3)77-71(74)65-62-59-56-53-50-47-44-41-37-32-29-26-23-20-17-14-11-8-5-2/h9,12,18,21,26-27,29-31,33,68H,4-8,10-11,13-17,19-20,22-25,28,32,34-67H2,1-3H3/b12-9-,21-18-,29-26-,30-27-,33-31-. The summed E-state index contributed by atoms with van der Waals surface area (Å²) in [6.45, 7) is 6.57. The summed E-state index contributed by atoms with van der Waals surface area (Å²) in [5.41, 5.74) is 0. The van der Waals surface area contributed by atoms with Crippen molar-refractivity contribution in [1.82, 2.24) is 0 Å².